The van der Waals surface area contributed by atoms with Crippen molar-refractivity contribution >= 4 is 82.4 Å². The lowest BCUT2D eigenvalue weighted by Gasteiger charge is -2.26. The summed E-state index contributed by atoms with van der Waals surface area (Å²) in [5.41, 5.74) is 10.7. The predicted octanol–water partition coefficient (Wildman–Crippen LogP) is 14.1. The summed E-state index contributed by atoms with van der Waals surface area (Å²) in [6.45, 7) is 0. The van der Waals surface area contributed by atoms with Gasteiger partial charge in [0.15, 0.2) is 5.58 Å². The van der Waals surface area contributed by atoms with E-state index in [9.17, 15) is 0 Å². The average molecular weight is 677 g/mol. The molecule has 0 aliphatic heterocycles. The second-order valence-electron chi connectivity index (χ2n) is 13.7. The number of para-hydroxylation sites is 2. The van der Waals surface area contributed by atoms with Gasteiger partial charge in [0.1, 0.15) is 5.58 Å². The fourth-order valence-corrected chi connectivity index (χ4v) is 8.36. The monoisotopic (exact) mass is 676 g/mol. The molecule has 9 aromatic carbocycles. The lowest BCUT2D eigenvalue weighted by molar-refractivity contribution is 0.669. The van der Waals surface area contributed by atoms with Crippen molar-refractivity contribution in [2.45, 2.75) is 0 Å². The summed E-state index contributed by atoms with van der Waals surface area (Å²) in [7, 11) is 0. The summed E-state index contributed by atoms with van der Waals surface area (Å²) in [6.07, 6.45) is 0. The van der Waals surface area contributed by atoms with Crippen LogP contribution >= 0.6 is 0 Å². The number of rotatable bonds is 5. The first-order valence-electron chi connectivity index (χ1n) is 18.1. The van der Waals surface area contributed by atoms with Crippen LogP contribution in [0.25, 0.3) is 82.1 Å². The number of aromatic nitrogens is 1. The number of fused-ring (bicyclic) bond motifs is 10. The molecular weight excluding hydrogens is 645 g/mol. The average Bonchev–Trinajstić information content (AvgIpc) is 3.78. The van der Waals surface area contributed by atoms with E-state index in [1.807, 2.05) is 0 Å². The Morgan fingerprint density at radius 1 is 0.396 bits per heavy atom. The van der Waals surface area contributed by atoms with Crippen LogP contribution in [-0.4, -0.2) is 4.57 Å². The number of nitrogens with zero attached hydrogens (tertiary/aromatic N) is 2. The van der Waals surface area contributed by atoms with Crippen LogP contribution in [0.5, 0.6) is 0 Å². The second kappa shape index (κ2) is 11.7. The molecule has 0 fully saturated rings. The van der Waals surface area contributed by atoms with E-state index in [1.165, 1.54) is 49.0 Å². The van der Waals surface area contributed by atoms with Crippen LogP contribution in [0, 0.1) is 0 Å². The fraction of sp³-hybridized carbons (Fsp3) is 0. The summed E-state index contributed by atoms with van der Waals surface area (Å²) in [5.74, 6) is 0. The van der Waals surface area contributed by atoms with Gasteiger partial charge in [0.05, 0.1) is 16.7 Å². The van der Waals surface area contributed by atoms with Crippen LogP contribution in [-0.2, 0) is 0 Å². The predicted molar refractivity (Wildman–Crippen MR) is 223 cm³/mol. The third kappa shape index (κ3) is 4.61. The van der Waals surface area contributed by atoms with Crippen molar-refractivity contribution in [3.05, 3.63) is 194 Å². The first-order chi connectivity index (χ1) is 26.3. The Hall–Kier alpha value is -7.10. The van der Waals surface area contributed by atoms with Crippen LogP contribution < -0.4 is 4.90 Å². The van der Waals surface area contributed by atoms with Crippen LogP contribution in [0.15, 0.2) is 199 Å². The number of hydrogen-bond donors (Lipinski definition) is 0. The highest BCUT2D eigenvalue weighted by Gasteiger charge is 2.22. The van der Waals surface area contributed by atoms with Crippen molar-refractivity contribution in [2.75, 3.05) is 4.90 Å². The number of benzene rings is 9. The zero-order valence-corrected chi connectivity index (χ0v) is 28.8. The molecule has 248 valence electrons. The molecule has 0 aliphatic rings. The molecule has 3 nitrogen and oxygen atoms in total. The fourth-order valence-electron chi connectivity index (χ4n) is 8.36. The Labute approximate surface area is 306 Å². The van der Waals surface area contributed by atoms with Crippen molar-refractivity contribution in [2.24, 2.45) is 0 Å². The smallest absolute Gasteiger partial charge is 0.159 e. The maximum Gasteiger partial charge on any atom is 0.159 e. The van der Waals surface area contributed by atoms with Gasteiger partial charge in [-0.25, -0.2) is 0 Å². The van der Waals surface area contributed by atoms with Crippen molar-refractivity contribution < 1.29 is 4.42 Å². The van der Waals surface area contributed by atoms with Crippen LogP contribution in [0.1, 0.15) is 0 Å². The zero-order valence-electron chi connectivity index (χ0n) is 28.8. The van der Waals surface area contributed by atoms with Gasteiger partial charge in [0.2, 0.25) is 0 Å². The van der Waals surface area contributed by atoms with Crippen LogP contribution in [0.2, 0.25) is 0 Å². The molecule has 0 spiro atoms. The molecule has 0 saturated heterocycles. The van der Waals surface area contributed by atoms with E-state index in [0.29, 0.717) is 0 Å². The number of anilines is 3. The molecule has 0 saturated carbocycles. The molecule has 0 amide bonds. The van der Waals surface area contributed by atoms with Crippen LogP contribution in [0.4, 0.5) is 17.1 Å². The normalized spacial score (nSPS) is 11.8. The van der Waals surface area contributed by atoms with Gasteiger partial charge in [-0.1, -0.05) is 140 Å². The molecule has 11 rings (SSSR count). The van der Waals surface area contributed by atoms with Crippen LogP contribution in [0.3, 0.4) is 0 Å². The highest BCUT2D eigenvalue weighted by molar-refractivity contribution is 6.23. The lowest BCUT2D eigenvalue weighted by Crippen LogP contribution is -2.10. The van der Waals surface area contributed by atoms with Gasteiger partial charge < -0.3 is 13.9 Å². The summed E-state index contributed by atoms with van der Waals surface area (Å²) < 4.78 is 9.25. The molecule has 0 atom stereocenters. The molecule has 3 heteroatoms. The molecule has 0 unspecified atom stereocenters. The number of hydrogen-bond acceptors (Lipinski definition) is 2. The van der Waals surface area contributed by atoms with Crippen molar-refractivity contribution in [1.29, 1.82) is 0 Å². The Balaban J connectivity index is 1.20. The Morgan fingerprint density at radius 3 is 1.79 bits per heavy atom. The molecule has 11 aromatic rings. The molecule has 2 heterocycles. The van der Waals surface area contributed by atoms with E-state index in [-0.39, 0.29) is 0 Å². The zero-order chi connectivity index (χ0) is 34.9. The highest BCUT2D eigenvalue weighted by atomic mass is 16.3. The highest BCUT2D eigenvalue weighted by Crippen LogP contribution is 2.46. The largest absolute Gasteiger partial charge is 0.454 e. The maximum absolute atomic E-state index is 6.84. The van der Waals surface area contributed by atoms with E-state index in [4.69, 9.17) is 4.42 Å². The van der Waals surface area contributed by atoms with E-state index < -0.39 is 0 Å². The van der Waals surface area contributed by atoms with Gasteiger partial charge in [-0.3, -0.25) is 0 Å². The first kappa shape index (κ1) is 29.6. The van der Waals surface area contributed by atoms with Gasteiger partial charge >= 0.3 is 0 Å². The van der Waals surface area contributed by atoms with Gasteiger partial charge in [0, 0.05) is 38.6 Å². The summed E-state index contributed by atoms with van der Waals surface area (Å²) in [6, 6.07) is 69.6. The number of furan rings is 1. The maximum atomic E-state index is 6.84. The first-order valence-corrected chi connectivity index (χ1v) is 18.1. The Morgan fingerprint density at radius 2 is 1.02 bits per heavy atom. The Bertz CT molecular complexity index is 3160. The van der Waals surface area contributed by atoms with Gasteiger partial charge in [-0.15, -0.1) is 0 Å². The van der Waals surface area contributed by atoms with Gasteiger partial charge in [-0.05, 0) is 87.3 Å². The van der Waals surface area contributed by atoms with E-state index >= 15 is 0 Å². The third-order valence-electron chi connectivity index (χ3n) is 10.8. The van der Waals surface area contributed by atoms with Crippen molar-refractivity contribution in [3.8, 4) is 16.8 Å². The summed E-state index contributed by atoms with van der Waals surface area (Å²) in [5, 5.41) is 9.62. The molecule has 0 radical (unpaired) electrons. The minimum atomic E-state index is 0.862. The Kier molecular flexibility index (Phi) is 6.55. The minimum Gasteiger partial charge on any atom is -0.454 e. The SMILES string of the molecule is c1ccc(-c2ccc(N(c3ccc4c5c6ccccc6ccc5n(-c5ccccc5)c4c3)c3cccc4c3oc3ccc5ccccc5c34)cc2)cc1. The molecule has 0 N–H and O–H groups in total. The van der Waals surface area contributed by atoms with Gasteiger partial charge in [-0.2, -0.15) is 0 Å². The molecule has 0 aliphatic carbocycles. The quantitative estimate of drug-likeness (QED) is 0.181. The van der Waals surface area contributed by atoms with E-state index in [0.717, 1.165) is 50.2 Å². The van der Waals surface area contributed by atoms with Crippen molar-refractivity contribution in [3.63, 3.8) is 0 Å². The minimum absolute atomic E-state index is 0.862. The van der Waals surface area contributed by atoms with Gasteiger partial charge in [0.25, 0.3) is 0 Å². The summed E-state index contributed by atoms with van der Waals surface area (Å²) in [4.78, 5) is 2.35. The molecule has 53 heavy (non-hydrogen) atoms. The molecule has 0 bridgehead atoms. The molecular formula is C50H32N2O. The van der Waals surface area contributed by atoms with E-state index in [2.05, 4.69) is 204 Å². The second-order valence-corrected chi connectivity index (χ2v) is 13.7. The standard InChI is InChI=1S/C50H32N2O/c1-3-12-33(13-4-1)34-22-26-38(27-23-34)51(45-21-11-20-43-49-41-19-10-8-15-36(41)25-31-47(49)53-50(43)45)39-28-29-42-46(32-39)52(37-16-5-2-6-17-37)44-30-24-35-14-7-9-18-40(35)48(42)44/h1-32H. The lowest BCUT2D eigenvalue weighted by atomic mass is 10.0. The van der Waals surface area contributed by atoms with Crippen molar-refractivity contribution in [1.82, 2.24) is 4.57 Å². The van der Waals surface area contributed by atoms with E-state index in [1.54, 1.807) is 0 Å². The topological polar surface area (TPSA) is 21.3 Å². The molecule has 2 aromatic heterocycles. The summed E-state index contributed by atoms with van der Waals surface area (Å²) >= 11 is 0. The third-order valence-corrected chi connectivity index (χ3v) is 10.8.